The Labute approximate surface area is 139 Å². The maximum absolute atomic E-state index is 12.3. The highest BCUT2D eigenvalue weighted by Crippen LogP contribution is 2.31. The van der Waals surface area contributed by atoms with E-state index in [0.29, 0.717) is 13.0 Å². The quantitative estimate of drug-likeness (QED) is 0.804. The number of carbonyl (C=O) groups is 1. The second-order valence-corrected chi connectivity index (χ2v) is 5.77. The summed E-state index contributed by atoms with van der Waals surface area (Å²) in [5.41, 5.74) is 2.89. The highest BCUT2D eigenvalue weighted by atomic mass is 16.5. The van der Waals surface area contributed by atoms with Crippen LogP contribution in [0.3, 0.4) is 0 Å². The number of ether oxygens (including phenoxy) is 1. The number of hydrogen-bond acceptors (Lipinski definition) is 3. The summed E-state index contributed by atoms with van der Waals surface area (Å²) in [5.74, 6) is 0.813. The lowest BCUT2D eigenvalue weighted by Gasteiger charge is -2.11. The zero-order valence-electron chi connectivity index (χ0n) is 13.1. The van der Waals surface area contributed by atoms with E-state index in [1.165, 1.54) is 0 Å². The Balaban J connectivity index is 1.42. The van der Waals surface area contributed by atoms with Crippen LogP contribution in [-0.2, 0) is 11.2 Å². The molecule has 24 heavy (non-hydrogen) atoms. The van der Waals surface area contributed by atoms with Gasteiger partial charge in [0.05, 0.1) is 24.3 Å². The van der Waals surface area contributed by atoms with Gasteiger partial charge in [-0.2, -0.15) is 5.10 Å². The minimum absolute atomic E-state index is 0.0343. The number of benzene rings is 2. The van der Waals surface area contributed by atoms with Crippen molar-refractivity contribution in [3.63, 3.8) is 0 Å². The summed E-state index contributed by atoms with van der Waals surface area (Å²) in [7, 11) is 0. The second kappa shape index (κ2) is 6.20. The van der Waals surface area contributed by atoms with Crippen molar-refractivity contribution in [3.05, 3.63) is 78.1 Å². The Bertz CT molecular complexity index is 858. The Morgan fingerprint density at radius 3 is 2.83 bits per heavy atom. The van der Waals surface area contributed by atoms with Crippen LogP contribution >= 0.6 is 0 Å². The van der Waals surface area contributed by atoms with Crippen LogP contribution in [0.25, 0.3) is 5.69 Å². The first-order valence-electron chi connectivity index (χ1n) is 7.90. The molecule has 2 heterocycles. The summed E-state index contributed by atoms with van der Waals surface area (Å²) in [6.07, 6.45) is 3.91. The molecule has 0 fully saturated rings. The first-order chi connectivity index (χ1) is 11.8. The molecule has 1 amide bonds. The predicted octanol–water partition coefficient (Wildman–Crippen LogP) is 2.66. The monoisotopic (exact) mass is 319 g/mol. The average molecular weight is 319 g/mol. The predicted molar refractivity (Wildman–Crippen MR) is 90.1 cm³/mol. The van der Waals surface area contributed by atoms with E-state index in [1.807, 2.05) is 60.8 Å². The largest absolute Gasteiger partial charge is 0.491 e. The van der Waals surface area contributed by atoms with Gasteiger partial charge in [-0.1, -0.05) is 36.4 Å². The van der Waals surface area contributed by atoms with Gasteiger partial charge in [0.25, 0.3) is 0 Å². The number of hydrogen-bond donors (Lipinski definition) is 1. The van der Waals surface area contributed by atoms with Crippen molar-refractivity contribution in [1.29, 1.82) is 0 Å². The number of carbonyl (C=O) groups excluding carboxylic acids is 1. The standard InChI is InChI=1S/C19H17N3O2/c23-19(21-17-13-24-18-9-5-4-8-16(17)18)10-14-11-20-22(12-14)15-6-2-1-3-7-15/h1-9,11-12,17H,10,13H2,(H,21,23)/t17-/m0/s1. The molecule has 1 aliphatic heterocycles. The topological polar surface area (TPSA) is 56.2 Å². The SMILES string of the molecule is O=C(Cc1cnn(-c2ccccc2)c1)N[C@H]1COc2ccccc21. The number of aromatic nitrogens is 2. The average Bonchev–Trinajstić information content (AvgIpc) is 3.23. The molecule has 0 bridgehead atoms. The summed E-state index contributed by atoms with van der Waals surface area (Å²) in [4.78, 5) is 12.3. The molecule has 0 saturated carbocycles. The number of nitrogens with one attached hydrogen (secondary N) is 1. The van der Waals surface area contributed by atoms with Crippen molar-refractivity contribution in [1.82, 2.24) is 15.1 Å². The number of rotatable bonds is 4. The molecular formula is C19H17N3O2. The lowest BCUT2D eigenvalue weighted by atomic mass is 10.1. The van der Waals surface area contributed by atoms with Crippen molar-refractivity contribution in [3.8, 4) is 11.4 Å². The van der Waals surface area contributed by atoms with Crippen molar-refractivity contribution in [2.75, 3.05) is 6.61 Å². The Morgan fingerprint density at radius 2 is 1.96 bits per heavy atom. The van der Waals surface area contributed by atoms with E-state index in [1.54, 1.807) is 10.9 Å². The fourth-order valence-electron chi connectivity index (χ4n) is 2.89. The first kappa shape index (κ1) is 14.5. The highest BCUT2D eigenvalue weighted by Gasteiger charge is 2.25. The van der Waals surface area contributed by atoms with Crippen molar-refractivity contribution in [2.24, 2.45) is 0 Å². The molecule has 1 aliphatic rings. The van der Waals surface area contributed by atoms with E-state index < -0.39 is 0 Å². The summed E-state index contributed by atoms with van der Waals surface area (Å²) in [6, 6.07) is 17.5. The van der Waals surface area contributed by atoms with E-state index in [2.05, 4.69) is 10.4 Å². The molecule has 0 saturated heterocycles. The molecule has 120 valence electrons. The summed E-state index contributed by atoms with van der Waals surface area (Å²) in [5, 5.41) is 7.35. The molecule has 1 atom stereocenters. The zero-order valence-corrected chi connectivity index (χ0v) is 13.1. The van der Waals surface area contributed by atoms with Gasteiger partial charge < -0.3 is 10.1 Å². The van der Waals surface area contributed by atoms with Gasteiger partial charge in [0.2, 0.25) is 5.91 Å². The molecule has 1 N–H and O–H groups in total. The van der Waals surface area contributed by atoms with Gasteiger partial charge in [0, 0.05) is 11.8 Å². The minimum Gasteiger partial charge on any atom is -0.491 e. The van der Waals surface area contributed by atoms with Crippen molar-refractivity contribution in [2.45, 2.75) is 12.5 Å². The fourth-order valence-corrected chi connectivity index (χ4v) is 2.89. The molecule has 1 aromatic heterocycles. The van der Waals surface area contributed by atoms with Crippen LogP contribution in [0.1, 0.15) is 17.2 Å². The van der Waals surface area contributed by atoms with Crippen LogP contribution in [0.5, 0.6) is 5.75 Å². The van der Waals surface area contributed by atoms with Crippen LogP contribution in [0.4, 0.5) is 0 Å². The van der Waals surface area contributed by atoms with Gasteiger partial charge in [-0.15, -0.1) is 0 Å². The van der Waals surface area contributed by atoms with E-state index in [4.69, 9.17) is 4.74 Å². The normalized spacial score (nSPS) is 15.6. The highest BCUT2D eigenvalue weighted by molar-refractivity contribution is 5.79. The fraction of sp³-hybridized carbons (Fsp3) is 0.158. The van der Waals surface area contributed by atoms with Gasteiger partial charge in [0.15, 0.2) is 0 Å². The maximum atomic E-state index is 12.3. The van der Waals surface area contributed by atoms with Crippen LogP contribution in [0.2, 0.25) is 0 Å². The third-order valence-electron chi connectivity index (χ3n) is 4.06. The third kappa shape index (κ3) is 2.88. The summed E-state index contributed by atoms with van der Waals surface area (Å²) >= 11 is 0. The summed E-state index contributed by atoms with van der Waals surface area (Å²) in [6.45, 7) is 0.481. The van der Waals surface area contributed by atoms with Crippen molar-refractivity contribution < 1.29 is 9.53 Å². The lowest BCUT2D eigenvalue weighted by Crippen LogP contribution is -2.30. The van der Waals surface area contributed by atoms with Gasteiger partial charge in [-0.25, -0.2) is 4.68 Å². The molecule has 2 aromatic carbocycles. The van der Waals surface area contributed by atoms with Gasteiger partial charge in [0.1, 0.15) is 12.4 Å². The van der Waals surface area contributed by atoms with Crippen molar-refractivity contribution >= 4 is 5.91 Å². The molecular weight excluding hydrogens is 302 g/mol. The Kier molecular flexibility index (Phi) is 3.75. The second-order valence-electron chi connectivity index (χ2n) is 5.77. The molecule has 0 aliphatic carbocycles. The molecule has 5 heteroatoms. The van der Waals surface area contributed by atoms with Gasteiger partial charge >= 0.3 is 0 Å². The van der Waals surface area contributed by atoms with Crippen LogP contribution in [0, 0.1) is 0 Å². The Hall–Kier alpha value is -3.08. The number of nitrogens with zero attached hydrogens (tertiary/aromatic N) is 2. The number of amides is 1. The summed E-state index contributed by atoms with van der Waals surface area (Å²) < 4.78 is 7.37. The Morgan fingerprint density at radius 1 is 1.17 bits per heavy atom. The number of fused-ring (bicyclic) bond motifs is 1. The first-order valence-corrected chi connectivity index (χ1v) is 7.90. The maximum Gasteiger partial charge on any atom is 0.225 e. The lowest BCUT2D eigenvalue weighted by molar-refractivity contribution is -0.121. The van der Waals surface area contributed by atoms with E-state index in [9.17, 15) is 4.79 Å². The molecule has 0 unspecified atom stereocenters. The molecule has 0 spiro atoms. The minimum atomic E-state index is -0.0853. The molecule has 3 aromatic rings. The van der Waals surface area contributed by atoms with Crippen LogP contribution < -0.4 is 10.1 Å². The molecule has 0 radical (unpaired) electrons. The van der Waals surface area contributed by atoms with Gasteiger partial charge in [-0.05, 0) is 23.8 Å². The van der Waals surface area contributed by atoms with Gasteiger partial charge in [-0.3, -0.25) is 4.79 Å². The molecule has 4 rings (SSSR count). The third-order valence-corrected chi connectivity index (χ3v) is 4.06. The molecule has 5 nitrogen and oxygen atoms in total. The van der Waals surface area contributed by atoms with Crippen LogP contribution in [-0.4, -0.2) is 22.3 Å². The van der Waals surface area contributed by atoms with Crippen LogP contribution in [0.15, 0.2) is 67.0 Å². The van der Waals surface area contributed by atoms with E-state index in [0.717, 1.165) is 22.6 Å². The van der Waals surface area contributed by atoms with E-state index in [-0.39, 0.29) is 11.9 Å². The smallest absolute Gasteiger partial charge is 0.225 e. The van der Waals surface area contributed by atoms with E-state index >= 15 is 0 Å². The number of para-hydroxylation sites is 2. The zero-order chi connectivity index (χ0) is 16.4.